The number of hydrogen-bond acceptors (Lipinski definition) is 2. The van der Waals surface area contributed by atoms with Crippen molar-refractivity contribution < 1.29 is 8.42 Å². The van der Waals surface area contributed by atoms with Gasteiger partial charge in [0.15, 0.2) is 10.7 Å². The van der Waals surface area contributed by atoms with Crippen LogP contribution >= 0.6 is 0 Å². The molecule has 0 radical (unpaired) electrons. The molecule has 0 aromatic carbocycles. The number of thiol groups is 1. The number of rotatable bonds is 2. The van der Waals surface area contributed by atoms with Crippen molar-refractivity contribution in [3.63, 3.8) is 0 Å². The summed E-state index contributed by atoms with van der Waals surface area (Å²) in [5, 5.41) is 0. The van der Waals surface area contributed by atoms with Crippen molar-refractivity contribution in [2.24, 2.45) is 0 Å². The molecule has 11 heavy (non-hydrogen) atoms. The lowest BCUT2D eigenvalue weighted by molar-refractivity contribution is 0.573. The quantitative estimate of drug-likeness (QED) is 0.652. The van der Waals surface area contributed by atoms with Gasteiger partial charge in [0, 0.05) is 11.9 Å². The average molecular weight is 173 g/mol. The maximum Gasteiger partial charge on any atom is 0.150 e. The predicted octanol–water partition coefficient (Wildman–Crippen LogP) is 0.861. The van der Waals surface area contributed by atoms with Crippen LogP contribution in [0.2, 0.25) is 0 Å². The molecule has 0 fully saturated rings. The lowest BCUT2D eigenvalue weighted by Gasteiger charge is -2.14. The predicted molar refractivity (Wildman–Crippen MR) is 44.1 cm³/mol. The van der Waals surface area contributed by atoms with Crippen LogP contribution in [-0.2, 0) is 15.5 Å². The third-order valence-electron chi connectivity index (χ3n) is 1.71. The maximum atomic E-state index is 10.7. The second-order valence-electron chi connectivity index (χ2n) is 2.90. The van der Waals surface area contributed by atoms with Crippen molar-refractivity contribution >= 4 is 10.7 Å². The standard InChI is InChI=1S/C7H11NO2S/c1-7(2,11(9)10)6-4-3-5-8-6/h3-5,8,11H,1-2H3. The van der Waals surface area contributed by atoms with Gasteiger partial charge in [-0.05, 0) is 26.0 Å². The third kappa shape index (κ3) is 1.45. The minimum atomic E-state index is -2.43. The SMILES string of the molecule is CC(C)(c1ccc[nH]1)[SH](=O)=O. The van der Waals surface area contributed by atoms with E-state index in [4.69, 9.17) is 0 Å². The van der Waals surface area contributed by atoms with E-state index in [0.717, 1.165) is 5.69 Å². The lowest BCUT2D eigenvalue weighted by Crippen LogP contribution is -2.19. The number of aromatic nitrogens is 1. The van der Waals surface area contributed by atoms with Gasteiger partial charge in [0.05, 0.1) is 0 Å². The highest BCUT2D eigenvalue weighted by Gasteiger charge is 2.24. The summed E-state index contributed by atoms with van der Waals surface area (Å²) in [5.41, 5.74) is 0.730. The monoisotopic (exact) mass is 173 g/mol. The zero-order chi connectivity index (χ0) is 8.48. The Bertz CT molecular complexity index is 290. The molecular formula is C7H11NO2S. The van der Waals surface area contributed by atoms with Gasteiger partial charge in [0.2, 0.25) is 0 Å². The van der Waals surface area contributed by atoms with Gasteiger partial charge in [-0.25, -0.2) is 8.42 Å². The molecule has 1 heterocycles. The fourth-order valence-electron chi connectivity index (χ4n) is 0.809. The van der Waals surface area contributed by atoms with Crippen LogP contribution in [0.25, 0.3) is 0 Å². The minimum absolute atomic E-state index is 0.730. The Labute approximate surface area is 67.4 Å². The molecule has 3 nitrogen and oxygen atoms in total. The zero-order valence-corrected chi connectivity index (χ0v) is 7.39. The molecule has 0 amide bonds. The van der Waals surface area contributed by atoms with Crippen LogP contribution in [0.3, 0.4) is 0 Å². The van der Waals surface area contributed by atoms with Crippen LogP contribution in [0, 0.1) is 0 Å². The van der Waals surface area contributed by atoms with Crippen LogP contribution in [0.4, 0.5) is 0 Å². The summed E-state index contributed by atoms with van der Waals surface area (Å²) in [5.74, 6) is 0. The van der Waals surface area contributed by atoms with Gasteiger partial charge in [-0.2, -0.15) is 0 Å². The molecule has 0 aliphatic heterocycles. The molecule has 1 aromatic heterocycles. The Balaban J connectivity index is 3.10. The van der Waals surface area contributed by atoms with E-state index in [1.165, 1.54) is 0 Å². The summed E-state index contributed by atoms with van der Waals surface area (Å²) < 4.78 is 20.7. The zero-order valence-electron chi connectivity index (χ0n) is 6.50. The summed E-state index contributed by atoms with van der Waals surface area (Å²) in [6, 6.07) is 3.56. The van der Waals surface area contributed by atoms with Crippen LogP contribution in [-0.4, -0.2) is 13.4 Å². The Hall–Kier alpha value is -0.770. The van der Waals surface area contributed by atoms with Gasteiger partial charge in [-0.3, -0.25) is 0 Å². The normalized spacial score (nSPS) is 12.3. The van der Waals surface area contributed by atoms with E-state index in [0.29, 0.717) is 0 Å². The minimum Gasteiger partial charge on any atom is -0.364 e. The molecule has 4 heteroatoms. The van der Waals surface area contributed by atoms with E-state index in [-0.39, 0.29) is 0 Å². The first kappa shape index (κ1) is 8.33. The van der Waals surface area contributed by atoms with Crippen molar-refractivity contribution in [1.29, 1.82) is 0 Å². The molecule has 0 aliphatic carbocycles. The molecular weight excluding hydrogens is 162 g/mol. The van der Waals surface area contributed by atoms with Gasteiger partial charge >= 0.3 is 0 Å². The van der Waals surface area contributed by atoms with E-state index in [1.54, 1.807) is 32.2 Å². The van der Waals surface area contributed by atoms with Crippen molar-refractivity contribution in [2.75, 3.05) is 0 Å². The Morgan fingerprint density at radius 1 is 1.45 bits per heavy atom. The Morgan fingerprint density at radius 3 is 2.45 bits per heavy atom. The highest BCUT2D eigenvalue weighted by atomic mass is 32.2. The first-order valence-corrected chi connectivity index (χ1v) is 4.51. The Morgan fingerprint density at radius 2 is 2.09 bits per heavy atom. The summed E-state index contributed by atoms with van der Waals surface area (Å²) in [6.07, 6.45) is 1.72. The number of H-pyrrole nitrogens is 1. The summed E-state index contributed by atoms with van der Waals surface area (Å²) in [7, 11) is -2.43. The van der Waals surface area contributed by atoms with Crippen LogP contribution in [0.5, 0.6) is 0 Å². The fourth-order valence-corrected chi connectivity index (χ4v) is 1.15. The van der Waals surface area contributed by atoms with Gasteiger partial charge < -0.3 is 4.98 Å². The Kier molecular flexibility index (Phi) is 2.04. The second-order valence-corrected chi connectivity index (χ2v) is 4.53. The smallest absolute Gasteiger partial charge is 0.150 e. The summed E-state index contributed by atoms with van der Waals surface area (Å²) in [6.45, 7) is 3.34. The molecule has 1 aromatic rings. The van der Waals surface area contributed by atoms with Gasteiger partial charge in [0.1, 0.15) is 4.75 Å². The van der Waals surface area contributed by atoms with E-state index >= 15 is 0 Å². The molecule has 1 N–H and O–H groups in total. The summed E-state index contributed by atoms with van der Waals surface area (Å²) in [4.78, 5) is 2.87. The van der Waals surface area contributed by atoms with Crippen LogP contribution in [0.1, 0.15) is 19.5 Å². The fraction of sp³-hybridized carbons (Fsp3) is 0.429. The summed E-state index contributed by atoms with van der Waals surface area (Å²) >= 11 is 0. The second kappa shape index (κ2) is 2.70. The molecule has 0 spiro atoms. The van der Waals surface area contributed by atoms with E-state index in [9.17, 15) is 8.42 Å². The van der Waals surface area contributed by atoms with Gasteiger partial charge in [-0.1, -0.05) is 0 Å². The molecule has 1 rings (SSSR count). The first-order valence-electron chi connectivity index (χ1n) is 3.33. The molecule has 62 valence electrons. The molecule has 0 bridgehead atoms. The van der Waals surface area contributed by atoms with E-state index in [2.05, 4.69) is 4.98 Å². The van der Waals surface area contributed by atoms with Crippen molar-refractivity contribution in [2.45, 2.75) is 18.6 Å². The highest BCUT2D eigenvalue weighted by Crippen LogP contribution is 2.21. The first-order chi connectivity index (χ1) is 5.05. The van der Waals surface area contributed by atoms with E-state index in [1.807, 2.05) is 0 Å². The van der Waals surface area contributed by atoms with Crippen molar-refractivity contribution in [1.82, 2.24) is 4.98 Å². The van der Waals surface area contributed by atoms with E-state index < -0.39 is 15.5 Å². The molecule has 0 atom stereocenters. The molecule has 0 saturated carbocycles. The van der Waals surface area contributed by atoms with Gasteiger partial charge in [0.25, 0.3) is 0 Å². The lowest BCUT2D eigenvalue weighted by atomic mass is 10.1. The highest BCUT2D eigenvalue weighted by molar-refractivity contribution is 7.73. The van der Waals surface area contributed by atoms with Crippen LogP contribution < -0.4 is 0 Å². The number of aromatic amines is 1. The van der Waals surface area contributed by atoms with Gasteiger partial charge in [-0.15, -0.1) is 0 Å². The number of hydrogen-bond donors (Lipinski definition) is 2. The van der Waals surface area contributed by atoms with Crippen molar-refractivity contribution in [3.8, 4) is 0 Å². The third-order valence-corrected chi connectivity index (χ3v) is 2.87. The average Bonchev–Trinajstić information content (AvgIpc) is 2.37. The largest absolute Gasteiger partial charge is 0.364 e. The topological polar surface area (TPSA) is 49.9 Å². The van der Waals surface area contributed by atoms with Crippen LogP contribution in [0.15, 0.2) is 18.3 Å². The molecule has 0 aliphatic rings. The number of nitrogens with one attached hydrogen (secondary N) is 1. The molecule has 0 unspecified atom stereocenters. The maximum absolute atomic E-state index is 10.7. The van der Waals surface area contributed by atoms with Crippen molar-refractivity contribution in [3.05, 3.63) is 24.0 Å². The molecule has 0 saturated heterocycles.